The maximum atomic E-state index is 13.4. The molecular weight excluding hydrogens is 308 g/mol. The number of nitrogens with one attached hydrogen (secondary N) is 1. The fourth-order valence-electron chi connectivity index (χ4n) is 2.84. The molecule has 1 N–H and O–H groups in total. The Balaban J connectivity index is 1.75. The molecule has 0 aliphatic rings. The van der Waals surface area contributed by atoms with Crippen LogP contribution in [0.15, 0.2) is 60.9 Å². The highest BCUT2D eigenvalue weighted by Crippen LogP contribution is 2.27. The van der Waals surface area contributed by atoms with Gasteiger partial charge in [-0.2, -0.15) is 5.10 Å². The lowest BCUT2D eigenvalue weighted by atomic mass is 10.0. The van der Waals surface area contributed by atoms with E-state index < -0.39 is 11.6 Å². The van der Waals surface area contributed by atoms with Crippen molar-refractivity contribution < 1.29 is 8.78 Å². The normalized spacial score (nSPS) is 11.1. The molecule has 118 valence electrons. The minimum atomic E-state index is -0.564. The van der Waals surface area contributed by atoms with Gasteiger partial charge in [0.15, 0.2) is 0 Å². The molecule has 0 saturated carbocycles. The topological polar surface area (TPSA) is 41.6 Å². The third-order valence-corrected chi connectivity index (χ3v) is 3.89. The number of hydrogen-bond acceptors (Lipinski definition) is 2. The van der Waals surface area contributed by atoms with E-state index in [1.807, 2.05) is 30.3 Å². The first kappa shape index (κ1) is 14.5. The standard InChI is InChI=1S/C19H13F2N3/c20-15-7-13(8-16(21)10-15)6-12-3-4-18-17(9-12)19(24-23-18)14-2-1-5-22-11-14/h1-5,7-11H,6H2,(H,23,24). The van der Waals surface area contributed by atoms with Crippen molar-refractivity contribution in [1.29, 1.82) is 0 Å². The summed E-state index contributed by atoms with van der Waals surface area (Å²) in [5.41, 5.74) is 4.18. The van der Waals surface area contributed by atoms with Gasteiger partial charge in [0, 0.05) is 29.4 Å². The van der Waals surface area contributed by atoms with Crippen LogP contribution in [0.1, 0.15) is 11.1 Å². The Morgan fingerprint density at radius 2 is 1.75 bits per heavy atom. The Morgan fingerprint density at radius 1 is 0.917 bits per heavy atom. The number of fused-ring (bicyclic) bond motifs is 1. The van der Waals surface area contributed by atoms with Gasteiger partial charge in [-0.05, 0) is 53.9 Å². The molecule has 24 heavy (non-hydrogen) atoms. The summed E-state index contributed by atoms with van der Waals surface area (Å²) in [6.45, 7) is 0. The summed E-state index contributed by atoms with van der Waals surface area (Å²) < 4.78 is 26.7. The molecule has 0 bridgehead atoms. The molecule has 0 saturated heterocycles. The van der Waals surface area contributed by atoms with Crippen LogP contribution in [0.5, 0.6) is 0 Å². The molecule has 2 aromatic carbocycles. The number of nitrogens with zero attached hydrogens (tertiary/aromatic N) is 2. The molecule has 0 fully saturated rings. The van der Waals surface area contributed by atoms with Gasteiger partial charge in [0.25, 0.3) is 0 Å². The van der Waals surface area contributed by atoms with E-state index in [0.29, 0.717) is 12.0 Å². The van der Waals surface area contributed by atoms with Crippen LogP contribution >= 0.6 is 0 Å². The number of rotatable bonds is 3. The molecule has 2 aromatic heterocycles. The lowest BCUT2D eigenvalue weighted by Gasteiger charge is -2.04. The summed E-state index contributed by atoms with van der Waals surface area (Å²) >= 11 is 0. The highest BCUT2D eigenvalue weighted by atomic mass is 19.1. The van der Waals surface area contributed by atoms with Gasteiger partial charge in [0.1, 0.15) is 17.3 Å². The van der Waals surface area contributed by atoms with Gasteiger partial charge >= 0.3 is 0 Å². The van der Waals surface area contributed by atoms with Crippen LogP contribution in [0.4, 0.5) is 8.78 Å². The van der Waals surface area contributed by atoms with Crippen molar-refractivity contribution in [3.8, 4) is 11.3 Å². The Labute approximate surface area is 137 Å². The van der Waals surface area contributed by atoms with E-state index in [9.17, 15) is 8.78 Å². The van der Waals surface area contributed by atoms with Crippen molar-refractivity contribution in [1.82, 2.24) is 15.2 Å². The van der Waals surface area contributed by atoms with Crippen molar-refractivity contribution in [2.24, 2.45) is 0 Å². The smallest absolute Gasteiger partial charge is 0.126 e. The zero-order valence-electron chi connectivity index (χ0n) is 12.6. The van der Waals surface area contributed by atoms with E-state index in [1.165, 1.54) is 12.1 Å². The minimum Gasteiger partial charge on any atom is -0.277 e. The molecular formula is C19H13F2N3. The van der Waals surface area contributed by atoms with Crippen molar-refractivity contribution in [2.45, 2.75) is 6.42 Å². The van der Waals surface area contributed by atoms with E-state index in [4.69, 9.17) is 0 Å². The molecule has 0 unspecified atom stereocenters. The molecule has 0 radical (unpaired) electrons. The van der Waals surface area contributed by atoms with E-state index in [2.05, 4.69) is 15.2 Å². The Kier molecular flexibility index (Phi) is 3.54. The van der Waals surface area contributed by atoms with Gasteiger partial charge in [-0.3, -0.25) is 10.1 Å². The van der Waals surface area contributed by atoms with Crippen molar-refractivity contribution in [2.75, 3.05) is 0 Å². The zero-order valence-corrected chi connectivity index (χ0v) is 12.6. The van der Waals surface area contributed by atoms with Gasteiger partial charge in [0.05, 0.1) is 5.52 Å². The molecule has 0 spiro atoms. The monoisotopic (exact) mass is 321 g/mol. The van der Waals surface area contributed by atoms with Gasteiger partial charge < -0.3 is 0 Å². The Bertz CT molecular complexity index is 989. The first-order valence-corrected chi connectivity index (χ1v) is 7.51. The Hall–Kier alpha value is -3.08. The van der Waals surface area contributed by atoms with E-state index >= 15 is 0 Å². The predicted molar refractivity (Wildman–Crippen MR) is 88.5 cm³/mol. The van der Waals surface area contributed by atoms with Crippen LogP contribution in [0.25, 0.3) is 22.2 Å². The minimum absolute atomic E-state index is 0.447. The third kappa shape index (κ3) is 2.76. The van der Waals surface area contributed by atoms with Crippen LogP contribution in [0.3, 0.4) is 0 Å². The van der Waals surface area contributed by atoms with Crippen LogP contribution in [-0.4, -0.2) is 15.2 Å². The van der Waals surface area contributed by atoms with Crippen LogP contribution < -0.4 is 0 Å². The molecule has 2 heterocycles. The number of aromatic nitrogens is 3. The van der Waals surface area contributed by atoms with Crippen LogP contribution in [0.2, 0.25) is 0 Å². The quantitative estimate of drug-likeness (QED) is 0.604. The highest BCUT2D eigenvalue weighted by Gasteiger charge is 2.10. The first-order valence-electron chi connectivity index (χ1n) is 7.51. The maximum absolute atomic E-state index is 13.4. The summed E-state index contributed by atoms with van der Waals surface area (Å²) in [6.07, 6.45) is 3.91. The number of aromatic amines is 1. The number of halogens is 2. The van der Waals surface area contributed by atoms with Crippen LogP contribution in [-0.2, 0) is 6.42 Å². The molecule has 5 heteroatoms. The average Bonchev–Trinajstić information content (AvgIpc) is 2.98. The molecule has 0 atom stereocenters. The van der Waals surface area contributed by atoms with Crippen LogP contribution in [0, 0.1) is 11.6 Å². The second kappa shape index (κ2) is 5.85. The molecule has 4 rings (SSSR count). The molecule has 0 aliphatic heterocycles. The molecule has 0 amide bonds. The summed E-state index contributed by atoms with van der Waals surface area (Å²) in [4.78, 5) is 4.12. The summed E-state index contributed by atoms with van der Waals surface area (Å²) in [5, 5.41) is 8.31. The maximum Gasteiger partial charge on any atom is 0.126 e. The van der Waals surface area contributed by atoms with E-state index in [1.54, 1.807) is 12.4 Å². The highest BCUT2D eigenvalue weighted by molar-refractivity contribution is 5.93. The summed E-state index contributed by atoms with van der Waals surface area (Å²) in [6, 6.07) is 13.2. The fourth-order valence-corrected chi connectivity index (χ4v) is 2.84. The first-order chi connectivity index (χ1) is 11.7. The van der Waals surface area contributed by atoms with Gasteiger partial charge in [-0.25, -0.2) is 8.78 Å². The van der Waals surface area contributed by atoms with Crippen molar-refractivity contribution in [3.05, 3.63) is 83.7 Å². The largest absolute Gasteiger partial charge is 0.277 e. The predicted octanol–water partition coefficient (Wildman–Crippen LogP) is 4.49. The summed E-state index contributed by atoms with van der Waals surface area (Å²) in [5.74, 6) is -1.13. The van der Waals surface area contributed by atoms with E-state index in [0.717, 1.165) is 33.8 Å². The zero-order chi connectivity index (χ0) is 16.5. The van der Waals surface area contributed by atoms with Gasteiger partial charge in [-0.15, -0.1) is 0 Å². The van der Waals surface area contributed by atoms with Gasteiger partial charge in [0.2, 0.25) is 0 Å². The van der Waals surface area contributed by atoms with Crippen molar-refractivity contribution in [3.63, 3.8) is 0 Å². The Morgan fingerprint density at radius 3 is 2.50 bits per heavy atom. The number of pyridine rings is 1. The average molecular weight is 321 g/mol. The SMILES string of the molecule is Fc1cc(F)cc(Cc2ccc3[nH]nc(-c4cccnc4)c3c2)c1. The van der Waals surface area contributed by atoms with Gasteiger partial charge in [-0.1, -0.05) is 6.07 Å². The molecule has 3 nitrogen and oxygen atoms in total. The number of hydrogen-bond donors (Lipinski definition) is 1. The fraction of sp³-hybridized carbons (Fsp3) is 0.0526. The second-order valence-corrected chi connectivity index (χ2v) is 5.65. The third-order valence-electron chi connectivity index (χ3n) is 3.89. The number of H-pyrrole nitrogens is 1. The molecule has 4 aromatic rings. The van der Waals surface area contributed by atoms with E-state index in [-0.39, 0.29) is 0 Å². The number of benzene rings is 2. The lowest BCUT2D eigenvalue weighted by Crippen LogP contribution is -1.91. The lowest BCUT2D eigenvalue weighted by molar-refractivity contribution is 0.580. The second-order valence-electron chi connectivity index (χ2n) is 5.65. The summed E-state index contributed by atoms with van der Waals surface area (Å²) in [7, 11) is 0. The van der Waals surface area contributed by atoms with Crippen molar-refractivity contribution >= 4 is 10.9 Å². The molecule has 0 aliphatic carbocycles.